The number of aliphatic hydroxyl groups is 1. The fourth-order valence-electron chi connectivity index (χ4n) is 3.75. The van der Waals surface area contributed by atoms with E-state index < -0.39 is 5.60 Å². The van der Waals surface area contributed by atoms with Crippen LogP contribution in [0.5, 0.6) is 0 Å². The minimum Gasteiger partial charge on any atom is -0.390 e. The van der Waals surface area contributed by atoms with Crippen molar-refractivity contribution in [1.82, 2.24) is 10.2 Å². The zero-order valence-electron chi connectivity index (χ0n) is 12.9. The van der Waals surface area contributed by atoms with Crippen molar-refractivity contribution in [1.29, 1.82) is 0 Å². The Bertz CT molecular complexity index is 262. The molecule has 1 heterocycles. The molecule has 3 heteroatoms. The Hall–Kier alpha value is -0.120. The summed E-state index contributed by atoms with van der Waals surface area (Å²) in [6.07, 6.45) is 8.85. The van der Waals surface area contributed by atoms with Crippen LogP contribution in [0.25, 0.3) is 0 Å². The molecule has 2 aliphatic rings. The molecule has 112 valence electrons. The summed E-state index contributed by atoms with van der Waals surface area (Å²) in [5.41, 5.74) is 0.0787. The highest BCUT2D eigenvalue weighted by Gasteiger charge is 2.36. The van der Waals surface area contributed by atoms with Crippen LogP contribution in [0.3, 0.4) is 0 Å². The minimum atomic E-state index is -0.419. The number of nitrogens with zero attached hydrogens (tertiary/aromatic N) is 1. The number of hydrogen-bond donors (Lipinski definition) is 2. The molecule has 0 radical (unpaired) electrons. The molecular formula is C16H32N2O. The number of piperidine rings is 1. The molecule has 0 spiro atoms. The first kappa shape index (κ1) is 15.3. The second kappa shape index (κ2) is 6.55. The SMILES string of the molecule is CCNCC1(CN2CCC(C)(O)CC2)CCCCC1. The molecule has 3 nitrogen and oxygen atoms in total. The summed E-state index contributed by atoms with van der Waals surface area (Å²) in [4.78, 5) is 2.60. The maximum atomic E-state index is 10.1. The van der Waals surface area contributed by atoms with Crippen LogP contribution in [0.15, 0.2) is 0 Å². The monoisotopic (exact) mass is 268 g/mol. The van der Waals surface area contributed by atoms with Gasteiger partial charge in [-0.3, -0.25) is 0 Å². The average Bonchev–Trinajstić information content (AvgIpc) is 2.40. The van der Waals surface area contributed by atoms with E-state index in [4.69, 9.17) is 0 Å². The molecule has 0 aromatic carbocycles. The number of rotatable bonds is 5. The largest absolute Gasteiger partial charge is 0.390 e. The van der Waals surface area contributed by atoms with Crippen LogP contribution in [0.1, 0.15) is 58.8 Å². The van der Waals surface area contributed by atoms with Crippen molar-refractivity contribution in [2.24, 2.45) is 5.41 Å². The van der Waals surface area contributed by atoms with E-state index in [1.165, 1.54) is 45.2 Å². The third-order valence-corrected chi connectivity index (χ3v) is 5.16. The molecule has 1 saturated heterocycles. The van der Waals surface area contributed by atoms with Crippen LogP contribution in [-0.4, -0.2) is 48.3 Å². The van der Waals surface area contributed by atoms with Gasteiger partial charge in [-0.2, -0.15) is 0 Å². The lowest BCUT2D eigenvalue weighted by Crippen LogP contribution is -2.50. The van der Waals surface area contributed by atoms with Gasteiger partial charge in [-0.15, -0.1) is 0 Å². The molecule has 0 aromatic rings. The first-order chi connectivity index (χ1) is 9.05. The van der Waals surface area contributed by atoms with E-state index in [0.29, 0.717) is 5.41 Å². The normalized spacial score (nSPS) is 27.3. The van der Waals surface area contributed by atoms with Gasteiger partial charge in [-0.05, 0) is 44.6 Å². The predicted octanol–water partition coefficient (Wildman–Crippen LogP) is 2.39. The minimum absolute atomic E-state index is 0.419. The van der Waals surface area contributed by atoms with Crippen molar-refractivity contribution in [2.75, 3.05) is 32.7 Å². The second-order valence-corrected chi connectivity index (χ2v) is 7.11. The first-order valence-corrected chi connectivity index (χ1v) is 8.21. The predicted molar refractivity (Wildman–Crippen MR) is 80.4 cm³/mol. The molecule has 2 rings (SSSR count). The Morgan fingerprint density at radius 1 is 1.05 bits per heavy atom. The highest BCUT2D eigenvalue weighted by molar-refractivity contribution is 4.90. The van der Waals surface area contributed by atoms with Crippen molar-refractivity contribution >= 4 is 0 Å². The highest BCUT2D eigenvalue weighted by atomic mass is 16.3. The van der Waals surface area contributed by atoms with Gasteiger partial charge in [0.2, 0.25) is 0 Å². The van der Waals surface area contributed by atoms with E-state index in [1.807, 2.05) is 6.92 Å². The summed E-state index contributed by atoms with van der Waals surface area (Å²) in [5.74, 6) is 0. The number of nitrogens with one attached hydrogen (secondary N) is 1. The summed E-state index contributed by atoms with van der Waals surface area (Å²) in [6.45, 7) is 9.82. The van der Waals surface area contributed by atoms with Gasteiger partial charge < -0.3 is 15.3 Å². The molecule has 0 bridgehead atoms. The zero-order chi connectivity index (χ0) is 13.8. The maximum absolute atomic E-state index is 10.1. The van der Waals surface area contributed by atoms with Gasteiger partial charge in [0.05, 0.1) is 5.60 Å². The second-order valence-electron chi connectivity index (χ2n) is 7.11. The first-order valence-electron chi connectivity index (χ1n) is 8.21. The van der Waals surface area contributed by atoms with Gasteiger partial charge in [0, 0.05) is 26.2 Å². The van der Waals surface area contributed by atoms with E-state index >= 15 is 0 Å². The molecule has 1 aliphatic heterocycles. The number of likely N-dealkylation sites (tertiary alicyclic amines) is 1. The third-order valence-electron chi connectivity index (χ3n) is 5.16. The van der Waals surface area contributed by atoms with Gasteiger partial charge in [-0.25, -0.2) is 0 Å². The maximum Gasteiger partial charge on any atom is 0.0644 e. The lowest BCUT2D eigenvalue weighted by atomic mass is 9.73. The van der Waals surface area contributed by atoms with E-state index in [1.54, 1.807) is 0 Å². The molecule has 0 atom stereocenters. The van der Waals surface area contributed by atoms with Gasteiger partial charge in [0.1, 0.15) is 0 Å². The van der Waals surface area contributed by atoms with E-state index in [0.717, 1.165) is 32.5 Å². The third kappa shape index (κ3) is 4.44. The summed E-state index contributed by atoms with van der Waals surface area (Å²) < 4.78 is 0. The van der Waals surface area contributed by atoms with Crippen LogP contribution in [0.2, 0.25) is 0 Å². The molecule has 2 fully saturated rings. The highest BCUT2D eigenvalue weighted by Crippen LogP contribution is 2.37. The fraction of sp³-hybridized carbons (Fsp3) is 1.00. The average molecular weight is 268 g/mol. The van der Waals surface area contributed by atoms with Crippen LogP contribution in [-0.2, 0) is 0 Å². The molecule has 1 aliphatic carbocycles. The van der Waals surface area contributed by atoms with Crippen LogP contribution >= 0.6 is 0 Å². The fourth-order valence-corrected chi connectivity index (χ4v) is 3.75. The molecule has 0 unspecified atom stereocenters. The van der Waals surface area contributed by atoms with Gasteiger partial charge >= 0.3 is 0 Å². The summed E-state index contributed by atoms with van der Waals surface area (Å²) in [7, 11) is 0. The van der Waals surface area contributed by atoms with Crippen molar-refractivity contribution in [3.8, 4) is 0 Å². The quantitative estimate of drug-likeness (QED) is 0.804. The molecule has 0 aromatic heterocycles. The molecule has 2 N–H and O–H groups in total. The molecule has 1 saturated carbocycles. The summed E-state index contributed by atoms with van der Waals surface area (Å²) >= 11 is 0. The lowest BCUT2D eigenvalue weighted by molar-refractivity contribution is -0.0199. The Labute approximate surface area is 118 Å². The summed E-state index contributed by atoms with van der Waals surface area (Å²) in [5, 5.41) is 13.7. The van der Waals surface area contributed by atoms with Gasteiger partial charge in [0.25, 0.3) is 0 Å². The Balaban J connectivity index is 1.89. The van der Waals surface area contributed by atoms with E-state index in [-0.39, 0.29) is 0 Å². The summed E-state index contributed by atoms with van der Waals surface area (Å²) in [6, 6.07) is 0. The van der Waals surface area contributed by atoms with Crippen LogP contribution in [0.4, 0.5) is 0 Å². The van der Waals surface area contributed by atoms with Crippen LogP contribution < -0.4 is 5.32 Å². The molecule has 0 amide bonds. The Kier molecular flexibility index (Phi) is 5.27. The van der Waals surface area contributed by atoms with Crippen molar-refractivity contribution in [3.63, 3.8) is 0 Å². The lowest BCUT2D eigenvalue weighted by Gasteiger charge is -2.44. The number of hydrogen-bond acceptors (Lipinski definition) is 3. The van der Waals surface area contributed by atoms with E-state index in [9.17, 15) is 5.11 Å². The smallest absolute Gasteiger partial charge is 0.0644 e. The topological polar surface area (TPSA) is 35.5 Å². The van der Waals surface area contributed by atoms with Gasteiger partial charge in [-0.1, -0.05) is 26.2 Å². The Morgan fingerprint density at radius 2 is 1.68 bits per heavy atom. The van der Waals surface area contributed by atoms with Crippen molar-refractivity contribution in [3.05, 3.63) is 0 Å². The van der Waals surface area contributed by atoms with Crippen LogP contribution in [0, 0.1) is 5.41 Å². The zero-order valence-corrected chi connectivity index (χ0v) is 12.9. The molecule has 19 heavy (non-hydrogen) atoms. The van der Waals surface area contributed by atoms with Crippen molar-refractivity contribution < 1.29 is 5.11 Å². The Morgan fingerprint density at radius 3 is 2.26 bits per heavy atom. The molecular weight excluding hydrogens is 236 g/mol. The van der Waals surface area contributed by atoms with E-state index in [2.05, 4.69) is 17.1 Å². The van der Waals surface area contributed by atoms with Crippen molar-refractivity contribution in [2.45, 2.75) is 64.4 Å². The standard InChI is InChI=1S/C16H32N2O/c1-3-17-13-16(7-5-4-6-8-16)14-18-11-9-15(2,19)10-12-18/h17,19H,3-14H2,1-2H3. The van der Waals surface area contributed by atoms with Gasteiger partial charge in [0.15, 0.2) is 0 Å².